The lowest BCUT2D eigenvalue weighted by Gasteiger charge is -2.06. The molecule has 0 atom stereocenters. The molecule has 0 aliphatic carbocycles. The third kappa shape index (κ3) is 2.46. The number of aliphatic hydroxyl groups excluding tert-OH is 1. The SMILES string of the molecule is OCc1cccc(F)c1SCc1ccco1. The topological polar surface area (TPSA) is 33.4 Å². The van der Waals surface area contributed by atoms with Gasteiger partial charge in [0, 0.05) is 4.90 Å². The molecule has 0 amide bonds. The smallest absolute Gasteiger partial charge is 0.137 e. The Bertz CT molecular complexity index is 454. The first kappa shape index (κ1) is 11.2. The van der Waals surface area contributed by atoms with Crippen LogP contribution in [0.4, 0.5) is 4.39 Å². The lowest BCUT2D eigenvalue weighted by atomic mass is 10.2. The summed E-state index contributed by atoms with van der Waals surface area (Å²) in [7, 11) is 0. The molecule has 2 nitrogen and oxygen atoms in total. The molecule has 4 heteroatoms. The van der Waals surface area contributed by atoms with Crippen molar-refractivity contribution < 1.29 is 13.9 Å². The largest absolute Gasteiger partial charge is 0.468 e. The minimum atomic E-state index is -0.303. The van der Waals surface area contributed by atoms with Gasteiger partial charge in [0.2, 0.25) is 0 Å². The quantitative estimate of drug-likeness (QED) is 0.830. The predicted molar refractivity (Wildman–Crippen MR) is 60.6 cm³/mol. The third-order valence-electron chi connectivity index (χ3n) is 2.16. The van der Waals surface area contributed by atoms with Gasteiger partial charge in [-0.25, -0.2) is 4.39 Å². The van der Waals surface area contributed by atoms with Crippen LogP contribution in [0.2, 0.25) is 0 Å². The summed E-state index contributed by atoms with van der Waals surface area (Å²) in [6, 6.07) is 8.34. The fourth-order valence-electron chi connectivity index (χ4n) is 1.38. The normalized spacial score (nSPS) is 10.6. The van der Waals surface area contributed by atoms with Crippen molar-refractivity contribution in [3.05, 3.63) is 53.7 Å². The fraction of sp³-hybridized carbons (Fsp3) is 0.167. The monoisotopic (exact) mass is 238 g/mol. The van der Waals surface area contributed by atoms with E-state index >= 15 is 0 Å². The van der Waals surface area contributed by atoms with Gasteiger partial charge >= 0.3 is 0 Å². The molecular formula is C12H11FO2S. The molecule has 0 bridgehead atoms. The van der Waals surface area contributed by atoms with Crippen LogP contribution >= 0.6 is 11.8 Å². The van der Waals surface area contributed by atoms with Crippen LogP contribution in [-0.2, 0) is 12.4 Å². The number of furan rings is 1. The number of hydrogen-bond acceptors (Lipinski definition) is 3. The second-order valence-electron chi connectivity index (χ2n) is 3.25. The Morgan fingerprint density at radius 1 is 1.25 bits per heavy atom. The lowest BCUT2D eigenvalue weighted by molar-refractivity contribution is 0.277. The molecule has 16 heavy (non-hydrogen) atoms. The molecule has 84 valence electrons. The number of hydrogen-bond donors (Lipinski definition) is 1. The zero-order valence-corrected chi connectivity index (χ0v) is 9.34. The fourth-order valence-corrected chi connectivity index (χ4v) is 2.35. The van der Waals surface area contributed by atoms with Gasteiger partial charge in [-0.1, -0.05) is 12.1 Å². The van der Waals surface area contributed by atoms with E-state index in [0.717, 1.165) is 5.76 Å². The third-order valence-corrected chi connectivity index (χ3v) is 3.33. The van der Waals surface area contributed by atoms with Gasteiger partial charge in [0.05, 0.1) is 18.6 Å². The molecule has 1 N–H and O–H groups in total. The van der Waals surface area contributed by atoms with E-state index in [1.54, 1.807) is 24.5 Å². The summed E-state index contributed by atoms with van der Waals surface area (Å²) in [5.41, 5.74) is 0.608. The molecule has 0 radical (unpaired) electrons. The molecule has 2 rings (SSSR count). The summed E-state index contributed by atoms with van der Waals surface area (Å²) >= 11 is 1.33. The molecule has 1 aromatic carbocycles. The number of halogens is 1. The minimum absolute atomic E-state index is 0.155. The highest BCUT2D eigenvalue weighted by atomic mass is 32.2. The van der Waals surface area contributed by atoms with E-state index < -0.39 is 0 Å². The molecule has 1 aromatic heterocycles. The number of thioether (sulfide) groups is 1. The summed E-state index contributed by atoms with van der Waals surface area (Å²) in [5, 5.41) is 9.10. The zero-order valence-electron chi connectivity index (χ0n) is 8.52. The number of rotatable bonds is 4. The summed E-state index contributed by atoms with van der Waals surface area (Å²) in [6.07, 6.45) is 1.59. The van der Waals surface area contributed by atoms with Crippen molar-refractivity contribution in [1.82, 2.24) is 0 Å². The van der Waals surface area contributed by atoms with E-state index in [9.17, 15) is 4.39 Å². The van der Waals surface area contributed by atoms with Gasteiger partial charge in [0.15, 0.2) is 0 Å². The lowest BCUT2D eigenvalue weighted by Crippen LogP contribution is -1.91. The maximum absolute atomic E-state index is 13.5. The van der Waals surface area contributed by atoms with Crippen molar-refractivity contribution in [2.45, 2.75) is 17.3 Å². The Morgan fingerprint density at radius 2 is 2.12 bits per heavy atom. The molecule has 0 fully saturated rings. The van der Waals surface area contributed by atoms with E-state index in [1.165, 1.54) is 17.8 Å². The molecule has 0 saturated carbocycles. The summed E-state index contributed by atoms with van der Waals surface area (Å²) in [5.74, 6) is 1.04. The predicted octanol–water partition coefficient (Wildman–Crippen LogP) is 3.20. The Morgan fingerprint density at radius 3 is 2.81 bits per heavy atom. The van der Waals surface area contributed by atoms with Gasteiger partial charge in [0.25, 0.3) is 0 Å². The van der Waals surface area contributed by atoms with Crippen LogP contribution in [0.25, 0.3) is 0 Å². The van der Waals surface area contributed by atoms with Crippen molar-refractivity contribution in [3.63, 3.8) is 0 Å². The van der Waals surface area contributed by atoms with Gasteiger partial charge in [-0.05, 0) is 23.8 Å². The van der Waals surface area contributed by atoms with Crippen LogP contribution in [0.1, 0.15) is 11.3 Å². The van der Waals surface area contributed by atoms with Crippen LogP contribution in [0.15, 0.2) is 45.9 Å². The van der Waals surface area contributed by atoms with E-state index in [4.69, 9.17) is 9.52 Å². The second kappa shape index (κ2) is 5.18. The summed E-state index contributed by atoms with van der Waals surface area (Å²) in [6.45, 7) is -0.155. The molecule has 0 unspecified atom stereocenters. The van der Waals surface area contributed by atoms with Crippen LogP contribution < -0.4 is 0 Å². The van der Waals surface area contributed by atoms with E-state index in [2.05, 4.69) is 0 Å². The zero-order chi connectivity index (χ0) is 11.4. The molecule has 2 aromatic rings. The van der Waals surface area contributed by atoms with Crippen molar-refractivity contribution >= 4 is 11.8 Å². The van der Waals surface area contributed by atoms with Gasteiger partial charge in [-0.3, -0.25) is 0 Å². The average Bonchev–Trinajstić information content (AvgIpc) is 2.80. The Labute approximate surface area is 97.1 Å². The van der Waals surface area contributed by atoms with E-state index in [0.29, 0.717) is 16.2 Å². The van der Waals surface area contributed by atoms with Crippen LogP contribution in [-0.4, -0.2) is 5.11 Å². The molecular weight excluding hydrogens is 227 g/mol. The first-order chi connectivity index (χ1) is 7.81. The van der Waals surface area contributed by atoms with Gasteiger partial charge in [-0.2, -0.15) is 0 Å². The second-order valence-corrected chi connectivity index (χ2v) is 4.24. The maximum Gasteiger partial charge on any atom is 0.137 e. The van der Waals surface area contributed by atoms with Crippen LogP contribution in [0.3, 0.4) is 0 Å². The molecule has 0 saturated heterocycles. The van der Waals surface area contributed by atoms with Crippen molar-refractivity contribution in [3.8, 4) is 0 Å². The molecule has 0 aliphatic rings. The Balaban J connectivity index is 2.14. The van der Waals surface area contributed by atoms with Gasteiger partial charge < -0.3 is 9.52 Å². The van der Waals surface area contributed by atoms with Gasteiger partial charge in [0.1, 0.15) is 11.6 Å². The first-order valence-corrected chi connectivity index (χ1v) is 5.83. The Hall–Kier alpha value is -1.26. The summed E-state index contributed by atoms with van der Waals surface area (Å²) in [4.78, 5) is 0.487. The molecule has 0 spiro atoms. The highest BCUT2D eigenvalue weighted by Crippen LogP contribution is 2.29. The van der Waals surface area contributed by atoms with Crippen molar-refractivity contribution in [2.24, 2.45) is 0 Å². The van der Waals surface area contributed by atoms with Gasteiger partial charge in [-0.15, -0.1) is 11.8 Å². The first-order valence-electron chi connectivity index (χ1n) is 4.84. The van der Waals surface area contributed by atoms with Crippen LogP contribution in [0, 0.1) is 5.82 Å². The highest BCUT2D eigenvalue weighted by molar-refractivity contribution is 7.98. The van der Waals surface area contributed by atoms with Crippen molar-refractivity contribution in [1.29, 1.82) is 0 Å². The average molecular weight is 238 g/mol. The Kier molecular flexibility index (Phi) is 3.64. The number of aliphatic hydroxyl groups is 1. The molecule has 0 aliphatic heterocycles. The van der Waals surface area contributed by atoms with Crippen LogP contribution in [0.5, 0.6) is 0 Å². The number of benzene rings is 1. The molecule has 1 heterocycles. The highest BCUT2D eigenvalue weighted by Gasteiger charge is 2.09. The standard InChI is InChI=1S/C12H11FO2S/c13-11-5-1-3-9(7-14)12(11)16-8-10-4-2-6-15-10/h1-6,14H,7-8H2. The van der Waals surface area contributed by atoms with Crippen molar-refractivity contribution in [2.75, 3.05) is 0 Å². The van der Waals surface area contributed by atoms with E-state index in [-0.39, 0.29) is 12.4 Å². The minimum Gasteiger partial charge on any atom is -0.468 e. The summed E-state index contributed by atoms with van der Waals surface area (Å²) < 4.78 is 18.7. The van der Waals surface area contributed by atoms with E-state index in [1.807, 2.05) is 6.07 Å². The maximum atomic E-state index is 13.5.